The van der Waals surface area contributed by atoms with Crippen molar-refractivity contribution in [2.24, 2.45) is 0 Å². The molecule has 0 radical (unpaired) electrons. The lowest BCUT2D eigenvalue weighted by Crippen LogP contribution is -2.37. The Morgan fingerprint density at radius 1 is 1.23 bits per heavy atom. The molecule has 0 heterocycles. The first-order valence-corrected chi connectivity index (χ1v) is 7.52. The molecule has 0 saturated carbocycles. The van der Waals surface area contributed by atoms with E-state index in [1.165, 1.54) is 6.08 Å². The van der Waals surface area contributed by atoms with Crippen LogP contribution < -0.4 is 0 Å². The van der Waals surface area contributed by atoms with E-state index in [4.69, 9.17) is 4.43 Å². The summed E-state index contributed by atoms with van der Waals surface area (Å²) in [5.41, 5.74) is 0. The number of carbonyl (C=O) groups is 1. The van der Waals surface area contributed by atoms with Crippen LogP contribution in [0, 0.1) is 0 Å². The maximum atomic E-state index is 11.3. The van der Waals surface area contributed by atoms with Gasteiger partial charge in [0.1, 0.15) is 0 Å². The predicted molar refractivity (Wildman–Crippen MR) is 58.1 cm³/mol. The van der Waals surface area contributed by atoms with Gasteiger partial charge in [-0.15, -0.1) is 0 Å². The first-order valence-electron chi connectivity index (χ1n) is 4.99. The van der Waals surface area contributed by atoms with Gasteiger partial charge in [0.15, 0.2) is 0 Å². The molecule has 0 rings (SSSR count). The molecule has 0 aromatic heterocycles. The van der Waals surface area contributed by atoms with Crippen LogP contribution in [-0.2, 0) is 9.22 Å². The summed E-state index contributed by atoms with van der Waals surface area (Å²) in [5.74, 6) is -0.167. The van der Waals surface area contributed by atoms with Crippen molar-refractivity contribution < 1.29 is 9.22 Å². The van der Waals surface area contributed by atoms with Crippen LogP contribution in [0.1, 0.15) is 27.7 Å². The third kappa shape index (κ3) is 3.76. The SMILES string of the molecule is C/C=C/C(=O)O[Si](CC)(CC)CC. The molecule has 0 saturated heterocycles. The molecular weight excluding hydrogens is 180 g/mol. The molecule has 3 heteroatoms. The van der Waals surface area contributed by atoms with Gasteiger partial charge < -0.3 is 4.43 Å². The minimum absolute atomic E-state index is 0.167. The van der Waals surface area contributed by atoms with Crippen molar-refractivity contribution in [1.29, 1.82) is 0 Å². The van der Waals surface area contributed by atoms with E-state index in [-0.39, 0.29) is 5.97 Å². The van der Waals surface area contributed by atoms with Gasteiger partial charge in [-0.1, -0.05) is 26.8 Å². The third-order valence-corrected chi connectivity index (χ3v) is 7.05. The van der Waals surface area contributed by atoms with E-state index in [9.17, 15) is 4.79 Å². The zero-order valence-electron chi connectivity index (χ0n) is 9.09. The average molecular weight is 200 g/mol. The van der Waals surface area contributed by atoms with E-state index in [1.54, 1.807) is 6.08 Å². The second-order valence-corrected chi connectivity index (χ2v) is 7.86. The van der Waals surface area contributed by atoms with Gasteiger partial charge in [-0.25, -0.2) is 4.79 Å². The Balaban J connectivity index is 4.32. The van der Waals surface area contributed by atoms with Crippen molar-refractivity contribution in [3.63, 3.8) is 0 Å². The second-order valence-electron chi connectivity index (χ2n) is 3.16. The Bertz CT molecular complexity index is 175. The smallest absolute Gasteiger partial charge is 0.317 e. The molecule has 2 nitrogen and oxygen atoms in total. The molecule has 76 valence electrons. The molecule has 0 N–H and O–H groups in total. The maximum Gasteiger partial charge on any atom is 0.317 e. The van der Waals surface area contributed by atoms with E-state index in [0.29, 0.717) is 0 Å². The lowest BCUT2D eigenvalue weighted by Gasteiger charge is -2.26. The Labute approximate surface area is 82.1 Å². The van der Waals surface area contributed by atoms with Crippen molar-refractivity contribution >= 4 is 14.3 Å². The number of hydrogen-bond donors (Lipinski definition) is 0. The van der Waals surface area contributed by atoms with Crippen molar-refractivity contribution in [2.75, 3.05) is 0 Å². The molecule has 0 aromatic carbocycles. The van der Waals surface area contributed by atoms with Crippen molar-refractivity contribution in [3.05, 3.63) is 12.2 Å². The fraction of sp³-hybridized carbons (Fsp3) is 0.700. The molecule has 0 aliphatic rings. The Hall–Kier alpha value is -0.573. The number of rotatable bonds is 5. The minimum atomic E-state index is -1.72. The lowest BCUT2D eigenvalue weighted by molar-refractivity contribution is -0.129. The normalized spacial score (nSPS) is 12.0. The summed E-state index contributed by atoms with van der Waals surface area (Å²) in [6, 6.07) is 3.05. The molecule has 0 aliphatic heterocycles. The molecule has 0 amide bonds. The monoisotopic (exact) mass is 200 g/mol. The van der Waals surface area contributed by atoms with Gasteiger partial charge in [0.25, 0.3) is 8.32 Å². The highest BCUT2D eigenvalue weighted by molar-refractivity contribution is 6.75. The van der Waals surface area contributed by atoms with Crippen LogP contribution in [0.25, 0.3) is 0 Å². The summed E-state index contributed by atoms with van der Waals surface area (Å²) in [5, 5.41) is 0. The Morgan fingerprint density at radius 2 is 1.69 bits per heavy atom. The first-order chi connectivity index (χ1) is 6.14. The second kappa shape index (κ2) is 5.97. The summed E-state index contributed by atoms with van der Waals surface area (Å²) < 4.78 is 5.54. The van der Waals surface area contributed by atoms with Gasteiger partial charge in [0, 0.05) is 6.08 Å². The van der Waals surface area contributed by atoms with Crippen LogP contribution in [0.4, 0.5) is 0 Å². The van der Waals surface area contributed by atoms with Crippen molar-refractivity contribution in [3.8, 4) is 0 Å². The van der Waals surface area contributed by atoms with E-state index in [2.05, 4.69) is 20.8 Å². The van der Waals surface area contributed by atoms with Gasteiger partial charge in [-0.3, -0.25) is 0 Å². The number of carbonyl (C=O) groups excluding carboxylic acids is 1. The van der Waals surface area contributed by atoms with Crippen molar-refractivity contribution in [1.82, 2.24) is 0 Å². The van der Waals surface area contributed by atoms with Crippen LogP contribution in [0.5, 0.6) is 0 Å². The molecule has 0 aliphatic carbocycles. The third-order valence-electron chi connectivity index (χ3n) is 2.55. The quantitative estimate of drug-likeness (QED) is 0.503. The van der Waals surface area contributed by atoms with Gasteiger partial charge in [0.05, 0.1) is 0 Å². The average Bonchev–Trinajstić information content (AvgIpc) is 2.15. The van der Waals surface area contributed by atoms with Crippen LogP contribution in [0.2, 0.25) is 18.1 Å². The molecule has 0 atom stereocenters. The zero-order chi connectivity index (χ0) is 10.3. The Kier molecular flexibility index (Phi) is 5.71. The topological polar surface area (TPSA) is 26.3 Å². The van der Waals surface area contributed by atoms with E-state index in [1.807, 2.05) is 6.92 Å². The molecule has 0 bridgehead atoms. The van der Waals surface area contributed by atoms with Crippen LogP contribution in [0.15, 0.2) is 12.2 Å². The fourth-order valence-corrected chi connectivity index (χ4v) is 3.78. The van der Waals surface area contributed by atoms with E-state index < -0.39 is 8.32 Å². The summed E-state index contributed by atoms with van der Waals surface area (Å²) in [6.45, 7) is 8.17. The van der Waals surface area contributed by atoms with Crippen LogP contribution >= 0.6 is 0 Å². The fourth-order valence-electron chi connectivity index (χ4n) is 1.35. The lowest BCUT2D eigenvalue weighted by atomic mass is 10.5. The molecule has 0 fully saturated rings. The van der Waals surface area contributed by atoms with Gasteiger partial charge >= 0.3 is 5.97 Å². The summed E-state index contributed by atoms with van der Waals surface area (Å²) in [4.78, 5) is 11.3. The standard InChI is InChI=1S/C10H20O2Si/c1-5-9-10(11)12-13(6-2,7-3)8-4/h5,9H,6-8H2,1-4H3/b9-5+. The highest BCUT2D eigenvalue weighted by Gasteiger charge is 2.31. The Morgan fingerprint density at radius 3 is 2.00 bits per heavy atom. The number of hydrogen-bond acceptors (Lipinski definition) is 2. The predicted octanol–water partition coefficient (Wildman–Crippen LogP) is 3.11. The maximum absolute atomic E-state index is 11.3. The molecule has 0 spiro atoms. The van der Waals surface area contributed by atoms with Crippen LogP contribution in [-0.4, -0.2) is 14.3 Å². The summed E-state index contributed by atoms with van der Waals surface area (Å²) in [7, 11) is -1.72. The van der Waals surface area contributed by atoms with Gasteiger partial charge in [-0.2, -0.15) is 0 Å². The molecule has 0 aromatic rings. The van der Waals surface area contributed by atoms with E-state index >= 15 is 0 Å². The molecule has 13 heavy (non-hydrogen) atoms. The summed E-state index contributed by atoms with van der Waals surface area (Å²) >= 11 is 0. The van der Waals surface area contributed by atoms with Crippen LogP contribution in [0.3, 0.4) is 0 Å². The van der Waals surface area contributed by atoms with E-state index in [0.717, 1.165) is 18.1 Å². The highest BCUT2D eigenvalue weighted by Crippen LogP contribution is 2.21. The molecular formula is C10H20O2Si. The minimum Gasteiger partial charge on any atom is -0.516 e. The molecule has 0 unspecified atom stereocenters. The summed E-state index contributed by atoms with van der Waals surface area (Å²) in [6.07, 6.45) is 3.23. The van der Waals surface area contributed by atoms with Gasteiger partial charge in [-0.05, 0) is 25.1 Å². The largest absolute Gasteiger partial charge is 0.516 e. The zero-order valence-corrected chi connectivity index (χ0v) is 10.1. The number of allylic oxidation sites excluding steroid dienone is 1. The van der Waals surface area contributed by atoms with Gasteiger partial charge in [0.2, 0.25) is 0 Å². The van der Waals surface area contributed by atoms with Crippen molar-refractivity contribution in [2.45, 2.75) is 45.8 Å². The highest BCUT2D eigenvalue weighted by atomic mass is 28.4. The first kappa shape index (κ1) is 12.4.